The lowest BCUT2D eigenvalue weighted by atomic mass is 10.0. The molecule has 0 heterocycles. The second-order valence-corrected chi connectivity index (χ2v) is 7.54. The van der Waals surface area contributed by atoms with E-state index in [1.54, 1.807) is 32.9 Å². The Balaban J connectivity index is 2.10. The van der Waals surface area contributed by atoms with Crippen LogP contribution in [0.2, 0.25) is 0 Å². The number of carbonyl (C=O) groups is 1. The summed E-state index contributed by atoms with van der Waals surface area (Å²) in [6.45, 7) is 10.3. The lowest BCUT2D eigenvalue weighted by Gasteiger charge is -2.19. The van der Waals surface area contributed by atoms with Crippen molar-refractivity contribution in [2.45, 2.75) is 46.1 Å². The third kappa shape index (κ3) is 3.35. The molecule has 0 unspecified atom stereocenters. The molecule has 1 fully saturated rings. The summed E-state index contributed by atoms with van der Waals surface area (Å²) in [6.07, 6.45) is -0.536. The van der Waals surface area contributed by atoms with Crippen LogP contribution in [0.1, 0.15) is 46.1 Å². The number of phenolic OH excluding ortho intramolecular Hbond substituents is 1. The Morgan fingerprint density at radius 2 is 2.05 bits per heavy atom. The Kier molecular flexibility index (Phi) is 4.13. The van der Waals surface area contributed by atoms with E-state index in [1.165, 1.54) is 0 Å². The molecule has 5 heteroatoms. The molecule has 0 saturated heterocycles. The van der Waals surface area contributed by atoms with Gasteiger partial charge in [0.25, 0.3) is 0 Å². The lowest BCUT2D eigenvalue weighted by Crippen LogP contribution is -2.27. The molecule has 2 rings (SSSR count). The summed E-state index contributed by atoms with van der Waals surface area (Å²) < 4.78 is 5.19. The molecule has 122 valence electrons. The number of anilines is 1. The number of nitrogens with one attached hydrogen (secondary N) is 1. The number of benzene rings is 1. The predicted octanol–water partition coefficient (Wildman–Crippen LogP) is 3.44. The minimum Gasteiger partial charge on any atom is -0.508 e. The average Bonchev–Trinajstić information content (AvgIpc) is 2.88. The number of aromatic hydroxyl groups is 1. The minimum absolute atomic E-state index is 0.104. The van der Waals surface area contributed by atoms with E-state index in [1.807, 2.05) is 6.07 Å². The van der Waals surface area contributed by atoms with Crippen LogP contribution in [0, 0.1) is 11.3 Å². The third-order valence-electron chi connectivity index (χ3n) is 4.32. The fraction of sp³-hybridized carbons (Fsp3) is 0.588. The normalized spacial score (nSPS) is 23.0. The number of phenols is 1. The Bertz CT molecular complexity index is 576. The van der Waals surface area contributed by atoms with Crippen LogP contribution in [0.4, 0.5) is 10.5 Å². The van der Waals surface area contributed by atoms with E-state index < -0.39 is 11.7 Å². The van der Waals surface area contributed by atoms with Gasteiger partial charge in [-0.3, -0.25) is 5.32 Å². The van der Waals surface area contributed by atoms with Gasteiger partial charge in [0.05, 0.1) is 0 Å². The SMILES string of the molecule is CC(C)(C)OC(=O)Nc1ccc([C@H]2[C@H](CN)C2(C)C)c(O)c1. The zero-order chi connectivity index (χ0) is 16.7. The minimum atomic E-state index is -0.557. The Morgan fingerprint density at radius 3 is 2.50 bits per heavy atom. The van der Waals surface area contributed by atoms with Gasteiger partial charge in [-0.15, -0.1) is 0 Å². The van der Waals surface area contributed by atoms with Crippen molar-refractivity contribution in [2.75, 3.05) is 11.9 Å². The molecular formula is C17H26N2O3. The summed E-state index contributed by atoms with van der Waals surface area (Å²) >= 11 is 0. The van der Waals surface area contributed by atoms with Crippen LogP contribution in [0.5, 0.6) is 5.75 Å². The summed E-state index contributed by atoms with van der Waals surface area (Å²) in [6, 6.07) is 5.19. The van der Waals surface area contributed by atoms with Crippen LogP contribution in [0.15, 0.2) is 18.2 Å². The quantitative estimate of drug-likeness (QED) is 0.798. The standard InChI is InChI=1S/C17H26N2O3/c1-16(2,3)22-15(21)19-10-6-7-11(13(20)8-10)14-12(9-18)17(14,4)5/h6-8,12,14,20H,9,18H2,1-5H3,(H,19,21)/t12-,14-/m0/s1. The second kappa shape index (κ2) is 5.47. The summed E-state index contributed by atoms with van der Waals surface area (Å²) in [4.78, 5) is 11.7. The highest BCUT2D eigenvalue weighted by molar-refractivity contribution is 5.85. The Labute approximate surface area is 131 Å². The van der Waals surface area contributed by atoms with E-state index in [4.69, 9.17) is 10.5 Å². The monoisotopic (exact) mass is 306 g/mol. The van der Waals surface area contributed by atoms with Gasteiger partial charge in [0.15, 0.2) is 0 Å². The molecule has 0 radical (unpaired) electrons. The largest absolute Gasteiger partial charge is 0.508 e. The molecule has 1 aliphatic carbocycles. The van der Waals surface area contributed by atoms with Crippen molar-refractivity contribution < 1.29 is 14.6 Å². The van der Waals surface area contributed by atoms with Gasteiger partial charge in [-0.05, 0) is 56.2 Å². The van der Waals surface area contributed by atoms with Crippen LogP contribution in [0.3, 0.4) is 0 Å². The molecule has 1 aliphatic rings. The van der Waals surface area contributed by atoms with Crippen molar-refractivity contribution in [1.82, 2.24) is 0 Å². The Hall–Kier alpha value is -1.75. The van der Waals surface area contributed by atoms with E-state index in [9.17, 15) is 9.90 Å². The molecule has 1 aromatic rings. The Morgan fingerprint density at radius 1 is 1.41 bits per heavy atom. The maximum atomic E-state index is 11.7. The summed E-state index contributed by atoms with van der Waals surface area (Å²) in [5.74, 6) is 0.818. The number of hydrogen-bond acceptors (Lipinski definition) is 4. The van der Waals surface area contributed by atoms with Crippen molar-refractivity contribution in [1.29, 1.82) is 0 Å². The summed E-state index contributed by atoms with van der Waals surface area (Å²) in [5, 5.41) is 12.9. The van der Waals surface area contributed by atoms with E-state index in [0.717, 1.165) is 5.56 Å². The molecule has 5 nitrogen and oxygen atoms in total. The van der Waals surface area contributed by atoms with Gasteiger partial charge < -0.3 is 15.6 Å². The van der Waals surface area contributed by atoms with Gasteiger partial charge in [0.1, 0.15) is 11.4 Å². The van der Waals surface area contributed by atoms with Crippen LogP contribution in [-0.2, 0) is 4.74 Å². The van der Waals surface area contributed by atoms with Gasteiger partial charge in [0.2, 0.25) is 0 Å². The molecule has 2 atom stereocenters. The van der Waals surface area contributed by atoms with E-state index in [0.29, 0.717) is 18.2 Å². The highest BCUT2D eigenvalue weighted by atomic mass is 16.6. The van der Waals surface area contributed by atoms with E-state index in [2.05, 4.69) is 19.2 Å². The first-order chi connectivity index (χ1) is 10.1. The van der Waals surface area contributed by atoms with Gasteiger partial charge >= 0.3 is 6.09 Å². The summed E-state index contributed by atoms with van der Waals surface area (Å²) in [7, 11) is 0. The van der Waals surface area contributed by atoms with Gasteiger partial charge in [-0.25, -0.2) is 4.79 Å². The molecular weight excluding hydrogens is 280 g/mol. The molecule has 1 amide bonds. The molecule has 1 saturated carbocycles. The van der Waals surface area contributed by atoms with Gasteiger partial charge in [-0.2, -0.15) is 0 Å². The van der Waals surface area contributed by atoms with E-state index in [-0.39, 0.29) is 17.1 Å². The molecule has 22 heavy (non-hydrogen) atoms. The van der Waals surface area contributed by atoms with Crippen molar-refractivity contribution >= 4 is 11.8 Å². The highest BCUT2D eigenvalue weighted by Crippen LogP contribution is 2.65. The van der Waals surface area contributed by atoms with Crippen molar-refractivity contribution in [2.24, 2.45) is 17.1 Å². The second-order valence-electron chi connectivity index (χ2n) is 7.54. The number of rotatable bonds is 3. The molecule has 4 N–H and O–H groups in total. The summed E-state index contributed by atoms with van der Waals surface area (Å²) in [5.41, 5.74) is 6.73. The lowest BCUT2D eigenvalue weighted by molar-refractivity contribution is 0.0636. The molecule has 1 aromatic carbocycles. The fourth-order valence-electron chi connectivity index (χ4n) is 3.11. The maximum Gasteiger partial charge on any atom is 0.412 e. The number of carbonyl (C=O) groups excluding carboxylic acids is 1. The number of nitrogens with two attached hydrogens (primary N) is 1. The maximum absolute atomic E-state index is 11.7. The first-order valence-electron chi connectivity index (χ1n) is 7.59. The van der Waals surface area contributed by atoms with Crippen molar-refractivity contribution in [3.63, 3.8) is 0 Å². The zero-order valence-corrected chi connectivity index (χ0v) is 13.9. The first-order valence-corrected chi connectivity index (χ1v) is 7.59. The first kappa shape index (κ1) is 16.6. The zero-order valence-electron chi connectivity index (χ0n) is 13.9. The molecule has 0 aliphatic heterocycles. The van der Waals surface area contributed by atoms with Crippen molar-refractivity contribution in [3.8, 4) is 5.75 Å². The van der Waals surface area contributed by atoms with E-state index >= 15 is 0 Å². The highest BCUT2D eigenvalue weighted by Gasteiger charge is 2.57. The third-order valence-corrected chi connectivity index (χ3v) is 4.32. The van der Waals surface area contributed by atoms with Crippen LogP contribution in [0.25, 0.3) is 0 Å². The predicted molar refractivity (Wildman–Crippen MR) is 87.0 cm³/mol. The van der Waals surface area contributed by atoms with Crippen molar-refractivity contribution in [3.05, 3.63) is 23.8 Å². The smallest absolute Gasteiger partial charge is 0.412 e. The van der Waals surface area contributed by atoms with Crippen LogP contribution >= 0.6 is 0 Å². The van der Waals surface area contributed by atoms with Crippen LogP contribution in [-0.4, -0.2) is 23.3 Å². The topological polar surface area (TPSA) is 84.6 Å². The van der Waals surface area contributed by atoms with Crippen LogP contribution < -0.4 is 11.1 Å². The number of hydrogen-bond donors (Lipinski definition) is 3. The fourth-order valence-corrected chi connectivity index (χ4v) is 3.11. The van der Waals surface area contributed by atoms with Gasteiger partial charge in [0, 0.05) is 11.8 Å². The number of amides is 1. The molecule has 0 aromatic heterocycles. The van der Waals surface area contributed by atoms with Gasteiger partial charge in [-0.1, -0.05) is 19.9 Å². The molecule has 0 spiro atoms. The average molecular weight is 306 g/mol. The molecule has 0 bridgehead atoms. The number of ether oxygens (including phenoxy) is 1.